The summed E-state index contributed by atoms with van der Waals surface area (Å²) in [6, 6.07) is 0. The fraction of sp³-hybridized carbons (Fsp3) is 0.828. The highest BCUT2D eigenvalue weighted by Crippen LogP contribution is 2.41. The molecule has 0 radical (unpaired) electrons. The van der Waals surface area contributed by atoms with Crippen molar-refractivity contribution in [2.24, 2.45) is 5.41 Å². The molecule has 3 aliphatic heterocycles. The van der Waals surface area contributed by atoms with E-state index in [-0.39, 0.29) is 31.3 Å². The number of carbonyl (C=O) groups is 1. The summed E-state index contributed by atoms with van der Waals surface area (Å²) < 4.78 is 24.2. The van der Waals surface area contributed by atoms with Gasteiger partial charge in [-0.25, -0.2) is 0 Å². The highest BCUT2D eigenvalue weighted by Gasteiger charge is 2.42. The monoisotopic (exact) mass is 524 g/mol. The van der Waals surface area contributed by atoms with Crippen molar-refractivity contribution >= 4 is 5.97 Å². The van der Waals surface area contributed by atoms with Gasteiger partial charge in [-0.2, -0.15) is 0 Å². The van der Waals surface area contributed by atoms with Crippen LogP contribution >= 0.6 is 0 Å². The van der Waals surface area contributed by atoms with Crippen molar-refractivity contribution in [3.63, 3.8) is 0 Å². The normalized spacial score (nSPS) is 41.2. The molecule has 0 aromatic heterocycles. The standard InChI is InChI=1S/C29H48O8/c1-5-12-29(33)13-7-10-25(20-30)36-26(32)18-21(31)17-22-8-6-9-23(35-22)19-24-11-16-34-28(4,37-24)15-14-27(29,2)3/h5,14-15,21-25,30-31,33H,1,6-13,16-20H2,2-4H3/b15-14+/t21-,22+,23-,24+,25-,28?,29-/m1/s1. The van der Waals surface area contributed by atoms with Gasteiger partial charge in [-0.1, -0.05) is 26.0 Å². The maximum Gasteiger partial charge on any atom is 0.308 e. The van der Waals surface area contributed by atoms with Crippen LogP contribution in [0.25, 0.3) is 0 Å². The average molecular weight is 525 g/mol. The van der Waals surface area contributed by atoms with Gasteiger partial charge in [0.1, 0.15) is 6.10 Å². The molecule has 0 aliphatic carbocycles. The van der Waals surface area contributed by atoms with Crippen LogP contribution < -0.4 is 0 Å². The minimum atomic E-state index is -1.11. The van der Waals surface area contributed by atoms with Gasteiger partial charge in [0.25, 0.3) is 0 Å². The van der Waals surface area contributed by atoms with Crippen LogP contribution in [0.2, 0.25) is 0 Å². The molecule has 8 heteroatoms. The third-order valence-corrected chi connectivity index (χ3v) is 8.23. The zero-order chi connectivity index (χ0) is 27.1. The summed E-state index contributed by atoms with van der Waals surface area (Å²) >= 11 is 0. The van der Waals surface area contributed by atoms with E-state index >= 15 is 0 Å². The smallest absolute Gasteiger partial charge is 0.308 e. The molecule has 8 nitrogen and oxygen atoms in total. The van der Waals surface area contributed by atoms with Gasteiger partial charge in [-0.05, 0) is 64.4 Å². The van der Waals surface area contributed by atoms with Gasteiger partial charge in [0, 0.05) is 18.3 Å². The Morgan fingerprint density at radius 3 is 2.49 bits per heavy atom. The van der Waals surface area contributed by atoms with Gasteiger partial charge in [-0.3, -0.25) is 4.79 Å². The number of hydrogen-bond acceptors (Lipinski definition) is 8. The molecule has 0 amide bonds. The lowest BCUT2D eigenvalue weighted by molar-refractivity contribution is -0.262. The number of ether oxygens (including phenoxy) is 4. The van der Waals surface area contributed by atoms with Crippen LogP contribution in [-0.4, -0.2) is 76.4 Å². The molecular weight excluding hydrogens is 476 g/mol. The summed E-state index contributed by atoms with van der Waals surface area (Å²) in [5.41, 5.74) is -1.75. The maximum absolute atomic E-state index is 12.5. The number of fused-ring (bicyclic) bond motifs is 4. The van der Waals surface area contributed by atoms with Crippen molar-refractivity contribution in [1.82, 2.24) is 0 Å². The van der Waals surface area contributed by atoms with Crippen molar-refractivity contribution in [3.05, 3.63) is 24.8 Å². The van der Waals surface area contributed by atoms with E-state index in [2.05, 4.69) is 6.58 Å². The summed E-state index contributed by atoms with van der Waals surface area (Å²) in [6.45, 7) is 9.96. The fourth-order valence-electron chi connectivity index (χ4n) is 5.76. The second kappa shape index (κ2) is 13.2. The van der Waals surface area contributed by atoms with E-state index in [1.807, 2.05) is 32.9 Å². The second-order valence-electron chi connectivity index (χ2n) is 11.8. The number of carbonyl (C=O) groups excluding carboxylic acids is 1. The lowest BCUT2D eigenvalue weighted by Gasteiger charge is -2.43. The lowest BCUT2D eigenvalue weighted by atomic mass is 9.69. The predicted molar refractivity (Wildman–Crippen MR) is 140 cm³/mol. The predicted octanol–water partition coefficient (Wildman–Crippen LogP) is 3.95. The maximum atomic E-state index is 12.5. The number of aliphatic hydroxyl groups is 3. The third kappa shape index (κ3) is 8.60. The Hall–Kier alpha value is -1.29. The minimum Gasteiger partial charge on any atom is -0.460 e. The molecule has 3 aliphatic rings. The number of cyclic esters (lactones) is 1. The molecule has 7 atom stereocenters. The SMILES string of the molecule is C=CC[C@@]1(O)CCC[C@H](CO)OC(=O)C[C@H](O)C[C@@H]2CCC[C@H](C[C@@H]3CCOC(C)(/C=C/C1(C)C)O3)O2. The van der Waals surface area contributed by atoms with E-state index in [4.69, 9.17) is 18.9 Å². The van der Waals surface area contributed by atoms with Crippen molar-refractivity contribution in [1.29, 1.82) is 0 Å². The molecule has 2 fully saturated rings. The van der Waals surface area contributed by atoms with Gasteiger partial charge in [0.15, 0.2) is 5.79 Å². The Morgan fingerprint density at radius 1 is 1.05 bits per heavy atom. The quantitative estimate of drug-likeness (QED) is 0.376. The van der Waals surface area contributed by atoms with Crippen molar-refractivity contribution in [3.8, 4) is 0 Å². The van der Waals surface area contributed by atoms with Crippen molar-refractivity contribution in [2.45, 2.75) is 133 Å². The zero-order valence-corrected chi connectivity index (χ0v) is 22.9. The Balaban J connectivity index is 1.83. The molecular formula is C29H48O8. The molecule has 0 spiro atoms. The molecule has 4 bridgehead atoms. The topological polar surface area (TPSA) is 115 Å². The first-order valence-electron chi connectivity index (χ1n) is 14.0. The fourth-order valence-corrected chi connectivity index (χ4v) is 5.76. The summed E-state index contributed by atoms with van der Waals surface area (Å²) in [6.07, 6.45) is 10.2. The van der Waals surface area contributed by atoms with Crippen LogP contribution in [0, 0.1) is 5.41 Å². The van der Waals surface area contributed by atoms with Gasteiger partial charge in [-0.15, -0.1) is 6.58 Å². The Morgan fingerprint density at radius 2 is 1.78 bits per heavy atom. The van der Waals surface area contributed by atoms with Crippen LogP contribution in [0.4, 0.5) is 0 Å². The minimum absolute atomic E-state index is 0.0210. The highest BCUT2D eigenvalue weighted by molar-refractivity contribution is 5.70. The van der Waals surface area contributed by atoms with Crippen LogP contribution in [0.1, 0.15) is 91.4 Å². The van der Waals surface area contributed by atoms with Gasteiger partial charge >= 0.3 is 5.97 Å². The molecule has 0 aromatic rings. The van der Waals surface area contributed by atoms with Crippen molar-refractivity contribution in [2.75, 3.05) is 13.2 Å². The van der Waals surface area contributed by atoms with Crippen LogP contribution in [0.15, 0.2) is 24.8 Å². The number of aliphatic hydroxyl groups excluding tert-OH is 2. The molecule has 3 rings (SSSR count). The third-order valence-electron chi connectivity index (χ3n) is 8.23. The molecule has 3 N–H and O–H groups in total. The summed E-state index contributed by atoms with van der Waals surface area (Å²) in [5, 5.41) is 32.0. The van der Waals surface area contributed by atoms with E-state index in [9.17, 15) is 20.1 Å². The van der Waals surface area contributed by atoms with Gasteiger partial charge in [0.2, 0.25) is 0 Å². The second-order valence-corrected chi connectivity index (χ2v) is 11.8. The van der Waals surface area contributed by atoms with Crippen LogP contribution in [0.5, 0.6) is 0 Å². The summed E-state index contributed by atoms with van der Waals surface area (Å²) in [4.78, 5) is 12.5. The van der Waals surface area contributed by atoms with E-state index in [1.54, 1.807) is 6.08 Å². The molecule has 0 saturated carbocycles. The van der Waals surface area contributed by atoms with E-state index in [1.165, 1.54) is 0 Å². The molecule has 2 saturated heterocycles. The molecule has 0 aromatic carbocycles. The van der Waals surface area contributed by atoms with E-state index < -0.39 is 35.0 Å². The van der Waals surface area contributed by atoms with Gasteiger partial charge < -0.3 is 34.3 Å². The first-order chi connectivity index (χ1) is 17.5. The Labute approximate surface area is 222 Å². The van der Waals surface area contributed by atoms with Crippen LogP contribution in [0.3, 0.4) is 0 Å². The van der Waals surface area contributed by atoms with Crippen molar-refractivity contribution < 1.29 is 39.1 Å². The molecule has 212 valence electrons. The summed E-state index contributed by atoms with van der Waals surface area (Å²) in [5.74, 6) is -1.44. The first-order valence-corrected chi connectivity index (χ1v) is 14.0. The zero-order valence-electron chi connectivity index (χ0n) is 22.9. The van der Waals surface area contributed by atoms with E-state index in [0.717, 1.165) is 32.1 Å². The first kappa shape index (κ1) is 30.3. The van der Waals surface area contributed by atoms with Crippen LogP contribution in [-0.2, 0) is 23.7 Å². The number of esters is 1. The summed E-state index contributed by atoms with van der Waals surface area (Å²) in [7, 11) is 0. The largest absolute Gasteiger partial charge is 0.460 e. The lowest BCUT2D eigenvalue weighted by Crippen LogP contribution is -2.46. The Kier molecular flexibility index (Phi) is 10.8. The van der Waals surface area contributed by atoms with Gasteiger partial charge in [0.05, 0.1) is 49.7 Å². The molecule has 3 heterocycles. The number of rotatable bonds is 3. The molecule has 37 heavy (non-hydrogen) atoms. The number of hydrogen-bond donors (Lipinski definition) is 3. The van der Waals surface area contributed by atoms with E-state index in [0.29, 0.717) is 38.7 Å². The average Bonchev–Trinajstić information content (AvgIpc) is 2.82. The Bertz CT molecular complexity index is 782. The molecule has 1 unspecified atom stereocenters. The highest BCUT2D eigenvalue weighted by atomic mass is 16.7.